The van der Waals surface area contributed by atoms with E-state index < -0.39 is 5.82 Å². The molecule has 0 radical (unpaired) electrons. The first-order valence-corrected chi connectivity index (χ1v) is 5.84. The van der Waals surface area contributed by atoms with Gasteiger partial charge in [-0.25, -0.2) is 4.39 Å². The maximum atomic E-state index is 13.3. The van der Waals surface area contributed by atoms with E-state index in [1.807, 2.05) is 0 Å². The van der Waals surface area contributed by atoms with Gasteiger partial charge in [-0.3, -0.25) is 11.3 Å². The number of hydrogen-bond acceptors (Lipinski definition) is 2. The molecule has 90 valence electrons. The largest absolute Gasteiger partial charge is 0.271 e. The molecule has 0 amide bonds. The molecule has 1 unspecified atom stereocenters. The first-order valence-electron chi connectivity index (χ1n) is 5.46. The summed E-state index contributed by atoms with van der Waals surface area (Å²) in [6.07, 6.45) is 1.86. The minimum Gasteiger partial charge on any atom is -0.271 e. The lowest BCUT2D eigenvalue weighted by molar-refractivity contribution is 0.447. The maximum Gasteiger partial charge on any atom is 0.142 e. The van der Waals surface area contributed by atoms with Gasteiger partial charge in [-0.1, -0.05) is 37.6 Å². The molecule has 1 atom stereocenters. The van der Waals surface area contributed by atoms with Gasteiger partial charge in [0.15, 0.2) is 0 Å². The van der Waals surface area contributed by atoms with Gasteiger partial charge in [0, 0.05) is 6.04 Å². The molecule has 0 aliphatic carbocycles. The maximum absolute atomic E-state index is 13.3. The summed E-state index contributed by atoms with van der Waals surface area (Å²) in [7, 11) is 0. The molecule has 0 saturated heterocycles. The number of rotatable bonds is 5. The molecule has 0 heterocycles. The average Bonchev–Trinajstić information content (AvgIpc) is 2.24. The molecule has 16 heavy (non-hydrogen) atoms. The van der Waals surface area contributed by atoms with Crippen molar-refractivity contribution in [1.82, 2.24) is 5.43 Å². The van der Waals surface area contributed by atoms with E-state index in [1.54, 1.807) is 12.1 Å². The third-order valence-corrected chi connectivity index (χ3v) is 2.99. The van der Waals surface area contributed by atoms with Crippen LogP contribution in [0.3, 0.4) is 0 Å². The Morgan fingerprint density at radius 3 is 2.62 bits per heavy atom. The molecule has 0 spiro atoms. The van der Waals surface area contributed by atoms with Crippen LogP contribution in [0.2, 0.25) is 5.02 Å². The van der Waals surface area contributed by atoms with Crippen LogP contribution in [0.15, 0.2) is 18.2 Å². The molecule has 0 aliphatic heterocycles. The zero-order valence-corrected chi connectivity index (χ0v) is 10.4. The third-order valence-electron chi connectivity index (χ3n) is 2.59. The Bertz CT molecular complexity index is 342. The van der Waals surface area contributed by atoms with E-state index in [0.717, 1.165) is 18.4 Å². The fraction of sp³-hybridized carbons (Fsp3) is 0.500. The molecule has 0 saturated carbocycles. The predicted octanol–water partition coefficient (Wildman–Crippen LogP) is 3.42. The number of hydrogen-bond donors (Lipinski definition) is 2. The Hall–Kier alpha value is -0.640. The van der Waals surface area contributed by atoms with Gasteiger partial charge in [0.05, 0.1) is 5.02 Å². The highest BCUT2D eigenvalue weighted by molar-refractivity contribution is 6.31. The number of nitrogens with two attached hydrogens (primary N) is 1. The van der Waals surface area contributed by atoms with Crippen LogP contribution >= 0.6 is 11.6 Å². The standard InChI is InChI=1S/C12H18ClFN2/c1-8(2)6-7-11(16-15)9-4-3-5-10(14)12(9)13/h3-5,8,11,16H,6-7,15H2,1-2H3. The molecule has 4 heteroatoms. The molecule has 0 bridgehead atoms. The van der Waals surface area contributed by atoms with Crippen molar-refractivity contribution in [3.05, 3.63) is 34.6 Å². The van der Waals surface area contributed by atoms with Crippen LogP contribution in [0.5, 0.6) is 0 Å². The van der Waals surface area contributed by atoms with Crippen molar-refractivity contribution >= 4 is 11.6 Å². The number of benzene rings is 1. The zero-order chi connectivity index (χ0) is 12.1. The Labute approximate surface area is 101 Å². The highest BCUT2D eigenvalue weighted by Crippen LogP contribution is 2.28. The van der Waals surface area contributed by atoms with Gasteiger partial charge in [0.2, 0.25) is 0 Å². The fourth-order valence-electron chi connectivity index (χ4n) is 1.62. The fourth-order valence-corrected chi connectivity index (χ4v) is 1.88. The van der Waals surface area contributed by atoms with Crippen LogP contribution < -0.4 is 11.3 Å². The van der Waals surface area contributed by atoms with Crippen LogP contribution in [-0.4, -0.2) is 0 Å². The molecular weight excluding hydrogens is 227 g/mol. The van der Waals surface area contributed by atoms with E-state index in [0.29, 0.717) is 5.92 Å². The first-order chi connectivity index (χ1) is 7.56. The van der Waals surface area contributed by atoms with Crippen LogP contribution in [-0.2, 0) is 0 Å². The summed E-state index contributed by atoms with van der Waals surface area (Å²) in [5.74, 6) is 5.67. The molecule has 3 N–H and O–H groups in total. The van der Waals surface area contributed by atoms with Crippen LogP contribution in [0, 0.1) is 11.7 Å². The zero-order valence-electron chi connectivity index (χ0n) is 9.63. The lowest BCUT2D eigenvalue weighted by Gasteiger charge is -2.18. The first kappa shape index (κ1) is 13.4. The smallest absolute Gasteiger partial charge is 0.142 e. The van der Waals surface area contributed by atoms with Gasteiger partial charge in [0.1, 0.15) is 5.82 Å². The molecule has 0 fully saturated rings. The molecular formula is C12H18ClFN2. The number of nitrogens with one attached hydrogen (secondary N) is 1. The molecule has 1 rings (SSSR count). The Morgan fingerprint density at radius 1 is 1.38 bits per heavy atom. The average molecular weight is 245 g/mol. The van der Waals surface area contributed by atoms with Crippen LogP contribution in [0.1, 0.15) is 38.3 Å². The SMILES string of the molecule is CC(C)CCC(NN)c1cccc(F)c1Cl. The van der Waals surface area contributed by atoms with Gasteiger partial charge in [0.25, 0.3) is 0 Å². The lowest BCUT2D eigenvalue weighted by Crippen LogP contribution is -2.28. The van der Waals surface area contributed by atoms with E-state index in [-0.39, 0.29) is 11.1 Å². The second-order valence-corrected chi connectivity index (χ2v) is 4.71. The van der Waals surface area contributed by atoms with Crippen molar-refractivity contribution in [2.75, 3.05) is 0 Å². The summed E-state index contributed by atoms with van der Waals surface area (Å²) in [5, 5.41) is 0.161. The van der Waals surface area contributed by atoms with Crippen LogP contribution in [0.4, 0.5) is 4.39 Å². The Kier molecular flexibility index (Phi) is 5.19. The van der Waals surface area contributed by atoms with E-state index in [1.165, 1.54) is 6.07 Å². The number of hydrazine groups is 1. The highest BCUT2D eigenvalue weighted by Gasteiger charge is 2.15. The van der Waals surface area contributed by atoms with Gasteiger partial charge in [-0.05, 0) is 30.4 Å². The second kappa shape index (κ2) is 6.18. The van der Waals surface area contributed by atoms with E-state index in [9.17, 15) is 4.39 Å². The highest BCUT2D eigenvalue weighted by atomic mass is 35.5. The summed E-state index contributed by atoms with van der Waals surface area (Å²) in [6.45, 7) is 4.28. The number of halogens is 2. The van der Waals surface area contributed by atoms with Crippen molar-refractivity contribution in [2.24, 2.45) is 11.8 Å². The van der Waals surface area contributed by atoms with Crippen LogP contribution in [0.25, 0.3) is 0 Å². The lowest BCUT2D eigenvalue weighted by atomic mass is 9.98. The van der Waals surface area contributed by atoms with E-state index in [4.69, 9.17) is 17.4 Å². The third kappa shape index (κ3) is 3.44. The summed E-state index contributed by atoms with van der Waals surface area (Å²) in [4.78, 5) is 0. The van der Waals surface area contributed by atoms with Crippen molar-refractivity contribution in [3.8, 4) is 0 Å². The summed E-state index contributed by atoms with van der Waals surface area (Å²) >= 11 is 5.91. The van der Waals surface area contributed by atoms with Gasteiger partial charge in [-0.2, -0.15) is 0 Å². The summed E-state index contributed by atoms with van der Waals surface area (Å²) in [6, 6.07) is 4.71. The van der Waals surface area contributed by atoms with Crippen molar-refractivity contribution in [1.29, 1.82) is 0 Å². The summed E-state index contributed by atoms with van der Waals surface area (Å²) < 4.78 is 13.3. The summed E-state index contributed by atoms with van der Waals surface area (Å²) in [5.41, 5.74) is 3.42. The van der Waals surface area contributed by atoms with E-state index in [2.05, 4.69) is 19.3 Å². The minimum absolute atomic E-state index is 0.0920. The second-order valence-electron chi connectivity index (χ2n) is 4.33. The normalized spacial score (nSPS) is 13.1. The van der Waals surface area contributed by atoms with E-state index >= 15 is 0 Å². The molecule has 1 aromatic rings. The predicted molar refractivity (Wildman–Crippen MR) is 65.5 cm³/mol. The molecule has 2 nitrogen and oxygen atoms in total. The Morgan fingerprint density at radius 2 is 2.06 bits per heavy atom. The van der Waals surface area contributed by atoms with Crippen molar-refractivity contribution in [3.63, 3.8) is 0 Å². The van der Waals surface area contributed by atoms with Gasteiger partial charge < -0.3 is 0 Å². The monoisotopic (exact) mass is 244 g/mol. The molecule has 0 aromatic heterocycles. The topological polar surface area (TPSA) is 38.0 Å². The van der Waals surface area contributed by atoms with Gasteiger partial charge in [-0.15, -0.1) is 0 Å². The minimum atomic E-state index is -0.399. The van der Waals surface area contributed by atoms with Gasteiger partial charge >= 0.3 is 0 Å². The quantitative estimate of drug-likeness (QED) is 0.615. The Balaban J connectivity index is 2.82. The molecule has 1 aromatic carbocycles. The van der Waals surface area contributed by atoms with Crippen molar-refractivity contribution < 1.29 is 4.39 Å². The van der Waals surface area contributed by atoms with Crippen molar-refractivity contribution in [2.45, 2.75) is 32.7 Å². The molecule has 0 aliphatic rings.